The SMILES string of the molecule is CC(C)CC(=O)Nc1cncc(-c2ccc3[nH]nc(-c4cc5c(-c6cccnc6)cccc5[nH]4)c3c2)c1. The number of anilines is 1. The molecule has 0 fully saturated rings. The molecule has 182 valence electrons. The van der Waals surface area contributed by atoms with Crippen molar-refractivity contribution in [2.45, 2.75) is 20.3 Å². The monoisotopic (exact) mass is 486 g/mol. The maximum atomic E-state index is 12.2. The minimum Gasteiger partial charge on any atom is -0.353 e. The minimum absolute atomic E-state index is 0.00835. The van der Waals surface area contributed by atoms with E-state index >= 15 is 0 Å². The summed E-state index contributed by atoms with van der Waals surface area (Å²) in [5, 5.41) is 12.9. The summed E-state index contributed by atoms with van der Waals surface area (Å²) in [5.41, 5.74) is 8.56. The molecule has 3 N–H and O–H groups in total. The minimum atomic E-state index is -0.00835. The Morgan fingerprint density at radius 3 is 2.59 bits per heavy atom. The summed E-state index contributed by atoms with van der Waals surface area (Å²) in [6, 6.07) is 20.5. The first-order valence-corrected chi connectivity index (χ1v) is 12.3. The Hall–Kier alpha value is -4.78. The highest BCUT2D eigenvalue weighted by molar-refractivity contribution is 6.02. The summed E-state index contributed by atoms with van der Waals surface area (Å²) < 4.78 is 0. The van der Waals surface area contributed by atoms with Gasteiger partial charge in [0, 0.05) is 52.4 Å². The number of nitrogens with zero attached hydrogens (tertiary/aromatic N) is 3. The van der Waals surface area contributed by atoms with Gasteiger partial charge in [-0.05, 0) is 53.4 Å². The molecular weight excluding hydrogens is 460 g/mol. The van der Waals surface area contributed by atoms with Gasteiger partial charge < -0.3 is 10.3 Å². The van der Waals surface area contributed by atoms with Gasteiger partial charge in [-0.25, -0.2) is 0 Å². The number of hydrogen-bond acceptors (Lipinski definition) is 4. The lowest BCUT2D eigenvalue weighted by atomic mass is 10.0. The maximum absolute atomic E-state index is 12.2. The fourth-order valence-corrected chi connectivity index (χ4v) is 4.70. The van der Waals surface area contributed by atoms with E-state index in [-0.39, 0.29) is 5.91 Å². The first-order chi connectivity index (χ1) is 18.0. The van der Waals surface area contributed by atoms with Gasteiger partial charge in [0.15, 0.2) is 0 Å². The standard InChI is InChI=1S/C30H26N6O/c1-18(2)11-29(37)33-22-12-21(16-32-17-22)19-8-9-27-25(13-19)30(36-35-27)28-14-24-23(6-3-7-26(24)34-28)20-5-4-10-31-15-20/h3-10,12-18,34H,11H2,1-2H3,(H,33,37)(H,35,36). The van der Waals surface area contributed by atoms with E-state index < -0.39 is 0 Å². The third-order valence-corrected chi connectivity index (χ3v) is 6.40. The van der Waals surface area contributed by atoms with Crippen molar-refractivity contribution >= 4 is 33.4 Å². The van der Waals surface area contributed by atoms with Crippen LogP contribution >= 0.6 is 0 Å². The predicted molar refractivity (Wildman–Crippen MR) is 148 cm³/mol. The molecule has 1 amide bonds. The molecule has 6 aromatic rings. The summed E-state index contributed by atoms with van der Waals surface area (Å²) in [6.45, 7) is 4.05. The Balaban J connectivity index is 1.38. The smallest absolute Gasteiger partial charge is 0.224 e. The number of carbonyl (C=O) groups is 1. The number of rotatable bonds is 6. The van der Waals surface area contributed by atoms with E-state index in [0.29, 0.717) is 18.0 Å². The first-order valence-electron chi connectivity index (χ1n) is 12.3. The summed E-state index contributed by atoms with van der Waals surface area (Å²) >= 11 is 0. The molecule has 0 aliphatic heterocycles. The van der Waals surface area contributed by atoms with Gasteiger partial charge in [-0.15, -0.1) is 0 Å². The molecule has 6 rings (SSSR count). The number of H-pyrrole nitrogens is 2. The van der Waals surface area contributed by atoms with E-state index in [1.807, 2.05) is 56.6 Å². The molecule has 0 atom stereocenters. The van der Waals surface area contributed by atoms with E-state index in [9.17, 15) is 4.79 Å². The van der Waals surface area contributed by atoms with Crippen molar-refractivity contribution < 1.29 is 4.79 Å². The van der Waals surface area contributed by atoms with Gasteiger partial charge >= 0.3 is 0 Å². The van der Waals surface area contributed by atoms with Crippen LogP contribution in [0.5, 0.6) is 0 Å². The molecule has 2 aromatic carbocycles. The Kier molecular flexibility index (Phi) is 5.73. The fourth-order valence-electron chi connectivity index (χ4n) is 4.70. The third-order valence-electron chi connectivity index (χ3n) is 6.40. The Morgan fingerprint density at radius 2 is 1.76 bits per heavy atom. The fraction of sp³-hybridized carbons (Fsp3) is 0.133. The highest BCUT2D eigenvalue weighted by Gasteiger charge is 2.15. The van der Waals surface area contributed by atoms with Crippen molar-refractivity contribution in [1.82, 2.24) is 25.1 Å². The van der Waals surface area contributed by atoms with Gasteiger partial charge in [0.1, 0.15) is 5.69 Å². The van der Waals surface area contributed by atoms with Crippen LogP contribution in [0, 0.1) is 5.92 Å². The summed E-state index contributed by atoms with van der Waals surface area (Å²) in [6.07, 6.45) is 7.62. The van der Waals surface area contributed by atoms with Crippen LogP contribution in [0.4, 0.5) is 5.69 Å². The van der Waals surface area contributed by atoms with Gasteiger partial charge in [-0.1, -0.05) is 38.1 Å². The number of nitrogens with one attached hydrogen (secondary N) is 3. The second-order valence-electron chi connectivity index (χ2n) is 9.63. The normalized spacial score (nSPS) is 11.4. The molecule has 0 saturated heterocycles. The molecule has 7 nitrogen and oxygen atoms in total. The molecule has 0 unspecified atom stereocenters. The summed E-state index contributed by atoms with van der Waals surface area (Å²) in [5.74, 6) is 0.286. The molecule has 7 heteroatoms. The molecule has 37 heavy (non-hydrogen) atoms. The third kappa shape index (κ3) is 4.47. The van der Waals surface area contributed by atoms with Crippen molar-refractivity contribution in [1.29, 1.82) is 0 Å². The number of pyridine rings is 2. The molecule has 0 radical (unpaired) electrons. The van der Waals surface area contributed by atoms with Gasteiger partial charge in [-0.3, -0.25) is 19.9 Å². The highest BCUT2D eigenvalue weighted by atomic mass is 16.1. The maximum Gasteiger partial charge on any atom is 0.224 e. The molecule has 4 aromatic heterocycles. The highest BCUT2D eigenvalue weighted by Crippen LogP contribution is 2.35. The summed E-state index contributed by atoms with van der Waals surface area (Å²) in [7, 11) is 0. The molecule has 0 bridgehead atoms. The van der Waals surface area contributed by atoms with E-state index in [1.165, 1.54) is 0 Å². The number of hydrogen-bond donors (Lipinski definition) is 3. The van der Waals surface area contributed by atoms with Crippen LogP contribution in [0.3, 0.4) is 0 Å². The molecule has 0 aliphatic carbocycles. The van der Waals surface area contributed by atoms with Crippen LogP contribution in [0.2, 0.25) is 0 Å². The first kappa shape index (κ1) is 22.7. The molecule has 0 aliphatic rings. The van der Waals surface area contributed by atoms with Crippen molar-refractivity contribution in [2.75, 3.05) is 5.32 Å². The van der Waals surface area contributed by atoms with Crippen LogP contribution in [-0.2, 0) is 4.79 Å². The van der Waals surface area contributed by atoms with Crippen LogP contribution in [-0.4, -0.2) is 31.1 Å². The topological polar surface area (TPSA) is 99.3 Å². The van der Waals surface area contributed by atoms with Crippen molar-refractivity contribution in [3.63, 3.8) is 0 Å². The lowest BCUT2D eigenvalue weighted by molar-refractivity contribution is -0.116. The Bertz CT molecular complexity index is 1730. The van der Waals surface area contributed by atoms with Crippen LogP contribution in [0.25, 0.3) is 55.4 Å². The zero-order valence-electron chi connectivity index (χ0n) is 20.6. The number of benzene rings is 2. The van der Waals surface area contributed by atoms with Crippen molar-refractivity contribution in [3.05, 3.63) is 85.5 Å². The molecular formula is C30H26N6O. The van der Waals surface area contributed by atoms with Crippen molar-refractivity contribution in [3.8, 4) is 33.6 Å². The number of fused-ring (bicyclic) bond motifs is 2. The summed E-state index contributed by atoms with van der Waals surface area (Å²) in [4.78, 5) is 24.4. The largest absolute Gasteiger partial charge is 0.353 e. The van der Waals surface area contributed by atoms with E-state index in [0.717, 1.165) is 55.4 Å². The number of aromatic nitrogens is 5. The number of amides is 1. The lowest BCUT2D eigenvalue weighted by Crippen LogP contribution is -2.13. The van der Waals surface area contributed by atoms with Crippen LogP contribution < -0.4 is 5.32 Å². The van der Waals surface area contributed by atoms with E-state index in [1.54, 1.807) is 12.4 Å². The van der Waals surface area contributed by atoms with E-state index in [4.69, 9.17) is 0 Å². The van der Waals surface area contributed by atoms with Gasteiger partial charge in [0.05, 0.1) is 23.1 Å². The quantitative estimate of drug-likeness (QED) is 0.240. The average molecular weight is 487 g/mol. The molecule has 0 spiro atoms. The number of aromatic amines is 2. The molecule has 4 heterocycles. The predicted octanol–water partition coefficient (Wildman–Crippen LogP) is 6.82. The zero-order valence-corrected chi connectivity index (χ0v) is 20.6. The van der Waals surface area contributed by atoms with Gasteiger partial charge in [0.25, 0.3) is 0 Å². The lowest BCUT2D eigenvalue weighted by Gasteiger charge is -2.09. The van der Waals surface area contributed by atoms with Crippen LogP contribution in [0.1, 0.15) is 20.3 Å². The molecule has 0 saturated carbocycles. The van der Waals surface area contributed by atoms with E-state index in [2.05, 4.69) is 60.8 Å². The zero-order chi connectivity index (χ0) is 25.4. The Labute approximate surface area is 214 Å². The van der Waals surface area contributed by atoms with Crippen LogP contribution in [0.15, 0.2) is 85.5 Å². The van der Waals surface area contributed by atoms with Crippen molar-refractivity contribution in [2.24, 2.45) is 5.92 Å². The van der Waals surface area contributed by atoms with Gasteiger partial charge in [-0.2, -0.15) is 5.10 Å². The second kappa shape index (κ2) is 9.35. The number of carbonyl (C=O) groups excluding carboxylic acids is 1. The second-order valence-corrected chi connectivity index (χ2v) is 9.63. The van der Waals surface area contributed by atoms with Gasteiger partial charge in [0.2, 0.25) is 5.91 Å². The average Bonchev–Trinajstić information content (AvgIpc) is 3.52. The Morgan fingerprint density at radius 1 is 0.865 bits per heavy atom.